The Morgan fingerprint density at radius 2 is 1.89 bits per heavy atom. The fourth-order valence-corrected chi connectivity index (χ4v) is 2.67. The van der Waals surface area contributed by atoms with Crippen molar-refractivity contribution in [2.24, 2.45) is 0 Å². The van der Waals surface area contributed by atoms with E-state index in [9.17, 15) is 4.79 Å². The first-order valence-electron chi connectivity index (χ1n) is 7.23. The van der Waals surface area contributed by atoms with Gasteiger partial charge in [-0.15, -0.1) is 0 Å². The first-order chi connectivity index (χ1) is 9.25. The summed E-state index contributed by atoms with van der Waals surface area (Å²) in [6, 6.07) is 8.45. The van der Waals surface area contributed by atoms with Crippen LogP contribution in [0.2, 0.25) is 0 Å². The van der Waals surface area contributed by atoms with Crippen molar-refractivity contribution in [1.82, 2.24) is 5.32 Å². The molecule has 0 spiro atoms. The molecule has 0 saturated heterocycles. The Labute approximate surface area is 115 Å². The summed E-state index contributed by atoms with van der Waals surface area (Å²) in [7, 11) is 0. The molecular formula is C16H23NO2. The minimum Gasteiger partial charge on any atom is -0.492 e. The summed E-state index contributed by atoms with van der Waals surface area (Å²) in [5.74, 6) is 1.60. The lowest BCUT2D eigenvalue weighted by molar-refractivity contribution is -0.119. The van der Waals surface area contributed by atoms with Crippen LogP contribution in [-0.2, 0) is 4.79 Å². The maximum Gasteiger partial charge on any atom is 0.216 e. The minimum atomic E-state index is -0.0174. The number of hydrogen-bond acceptors (Lipinski definition) is 2. The number of hydrogen-bond donors (Lipinski definition) is 1. The molecule has 1 amide bonds. The molecule has 0 unspecified atom stereocenters. The van der Waals surface area contributed by atoms with Crippen LogP contribution in [0.5, 0.6) is 5.75 Å². The standard InChI is InChI=1S/C16H23NO2/c1-13(18)17-11-12-19-16-9-7-15(8-10-16)14-5-3-2-4-6-14/h7-10,14H,2-6,11-12H2,1H3,(H,17,18). The molecule has 1 fully saturated rings. The molecule has 2 rings (SSSR count). The highest BCUT2D eigenvalue weighted by molar-refractivity contribution is 5.72. The zero-order valence-electron chi connectivity index (χ0n) is 11.7. The zero-order valence-corrected chi connectivity index (χ0v) is 11.7. The van der Waals surface area contributed by atoms with Crippen LogP contribution in [0.3, 0.4) is 0 Å². The fourth-order valence-electron chi connectivity index (χ4n) is 2.67. The van der Waals surface area contributed by atoms with Gasteiger partial charge >= 0.3 is 0 Å². The van der Waals surface area contributed by atoms with Crippen LogP contribution < -0.4 is 10.1 Å². The van der Waals surface area contributed by atoms with E-state index in [1.165, 1.54) is 44.6 Å². The van der Waals surface area contributed by atoms with Crippen molar-refractivity contribution in [3.8, 4) is 5.75 Å². The highest BCUT2D eigenvalue weighted by atomic mass is 16.5. The van der Waals surface area contributed by atoms with Gasteiger partial charge < -0.3 is 10.1 Å². The molecular weight excluding hydrogens is 238 g/mol. The molecule has 19 heavy (non-hydrogen) atoms. The molecule has 1 N–H and O–H groups in total. The second-order valence-electron chi connectivity index (χ2n) is 5.24. The molecule has 3 nitrogen and oxygen atoms in total. The third-order valence-corrected chi connectivity index (χ3v) is 3.70. The molecule has 1 aliphatic rings. The third kappa shape index (κ3) is 4.58. The summed E-state index contributed by atoms with van der Waals surface area (Å²) < 4.78 is 5.58. The SMILES string of the molecule is CC(=O)NCCOc1ccc(C2CCCCC2)cc1. The van der Waals surface area contributed by atoms with E-state index in [0.29, 0.717) is 13.2 Å². The van der Waals surface area contributed by atoms with Crippen LogP contribution in [0.15, 0.2) is 24.3 Å². The van der Waals surface area contributed by atoms with E-state index in [0.717, 1.165) is 11.7 Å². The van der Waals surface area contributed by atoms with Gasteiger partial charge in [0.1, 0.15) is 12.4 Å². The maximum atomic E-state index is 10.7. The lowest BCUT2D eigenvalue weighted by Crippen LogP contribution is -2.25. The highest BCUT2D eigenvalue weighted by Crippen LogP contribution is 2.33. The van der Waals surface area contributed by atoms with E-state index < -0.39 is 0 Å². The van der Waals surface area contributed by atoms with Crippen LogP contribution in [-0.4, -0.2) is 19.1 Å². The van der Waals surface area contributed by atoms with Crippen molar-refractivity contribution in [3.63, 3.8) is 0 Å². The largest absolute Gasteiger partial charge is 0.492 e. The van der Waals surface area contributed by atoms with Gasteiger partial charge in [-0.1, -0.05) is 31.4 Å². The third-order valence-electron chi connectivity index (χ3n) is 3.70. The number of benzene rings is 1. The first-order valence-corrected chi connectivity index (χ1v) is 7.23. The number of nitrogens with one attached hydrogen (secondary N) is 1. The van der Waals surface area contributed by atoms with E-state index in [-0.39, 0.29) is 5.91 Å². The molecule has 1 saturated carbocycles. The molecule has 0 atom stereocenters. The van der Waals surface area contributed by atoms with E-state index >= 15 is 0 Å². The van der Waals surface area contributed by atoms with Crippen molar-refractivity contribution in [3.05, 3.63) is 29.8 Å². The summed E-state index contributed by atoms with van der Waals surface area (Å²) in [6.07, 6.45) is 6.76. The second kappa shape index (κ2) is 7.17. The Hall–Kier alpha value is -1.51. The van der Waals surface area contributed by atoms with Crippen molar-refractivity contribution in [2.45, 2.75) is 44.9 Å². The quantitative estimate of drug-likeness (QED) is 0.826. The monoisotopic (exact) mass is 261 g/mol. The van der Waals surface area contributed by atoms with Gasteiger partial charge in [0.05, 0.1) is 6.54 Å². The number of ether oxygens (including phenoxy) is 1. The van der Waals surface area contributed by atoms with Gasteiger partial charge in [-0.05, 0) is 36.5 Å². The second-order valence-corrected chi connectivity index (χ2v) is 5.24. The Kier molecular flexibility index (Phi) is 5.25. The van der Waals surface area contributed by atoms with Crippen LogP contribution in [0, 0.1) is 0 Å². The van der Waals surface area contributed by atoms with Crippen molar-refractivity contribution in [1.29, 1.82) is 0 Å². The molecule has 1 aliphatic carbocycles. The molecule has 104 valence electrons. The lowest BCUT2D eigenvalue weighted by Gasteiger charge is -2.22. The number of carbonyl (C=O) groups excluding carboxylic acids is 1. The van der Waals surface area contributed by atoms with E-state index in [2.05, 4.69) is 17.4 Å². The van der Waals surface area contributed by atoms with E-state index in [4.69, 9.17) is 4.74 Å². The molecule has 0 aromatic heterocycles. The van der Waals surface area contributed by atoms with Gasteiger partial charge in [-0.25, -0.2) is 0 Å². The zero-order chi connectivity index (χ0) is 13.5. The van der Waals surface area contributed by atoms with Crippen LogP contribution >= 0.6 is 0 Å². The predicted molar refractivity (Wildman–Crippen MR) is 76.4 cm³/mol. The normalized spacial score (nSPS) is 16.1. The topological polar surface area (TPSA) is 38.3 Å². The molecule has 1 aromatic rings. The van der Waals surface area contributed by atoms with Gasteiger partial charge in [0.25, 0.3) is 0 Å². The van der Waals surface area contributed by atoms with Crippen molar-refractivity contribution in [2.75, 3.05) is 13.2 Å². The predicted octanol–water partition coefficient (Wildman–Crippen LogP) is 3.25. The van der Waals surface area contributed by atoms with E-state index in [1.807, 2.05) is 12.1 Å². The first kappa shape index (κ1) is 13.9. The Morgan fingerprint density at radius 3 is 2.53 bits per heavy atom. The Morgan fingerprint density at radius 1 is 1.21 bits per heavy atom. The smallest absolute Gasteiger partial charge is 0.216 e. The Balaban J connectivity index is 1.79. The summed E-state index contributed by atoms with van der Waals surface area (Å²) in [4.78, 5) is 10.7. The Bertz CT molecular complexity index is 394. The van der Waals surface area contributed by atoms with Gasteiger partial charge in [0, 0.05) is 6.92 Å². The summed E-state index contributed by atoms with van der Waals surface area (Å²) in [5.41, 5.74) is 1.44. The van der Waals surface area contributed by atoms with Gasteiger partial charge in [0.2, 0.25) is 5.91 Å². The molecule has 0 bridgehead atoms. The summed E-state index contributed by atoms with van der Waals surface area (Å²) in [5, 5.41) is 2.71. The summed E-state index contributed by atoms with van der Waals surface area (Å²) in [6.45, 7) is 2.58. The van der Waals surface area contributed by atoms with Gasteiger partial charge in [-0.2, -0.15) is 0 Å². The summed E-state index contributed by atoms with van der Waals surface area (Å²) >= 11 is 0. The number of amides is 1. The lowest BCUT2D eigenvalue weighted by atomic mass is 9.84. The minimum absolute atomic E-state index is 0.0174. The molecule has 0 radical (unpaired) electrons. The molecule has 3 heteroatoms. The van der Waals surface area contributed by atoms with Gasteiger partial charge in [-0.3, -0.25) is 4.79 Å². The number of carbonyl (C=O) groups is 1. The molecule has 0 aliphatic heterocycles. The average Bonchev–Trinajstić information content (AvgIpc) is 2.45. The van der Waals surface area contributed by atoms with Crippen LogP contribution in [0.1, 0.15) is 50.5 Å². The molecule has 1 aromatic carbocycles. The van der Waals surface area contributed by atoms with E-state index in [1.54, 1.807) is 0 Å². The average molecular weight is 261 g/mol. The number of rotatable bonds is 5. The van der Waals surface area contributed by atoms with Crippen molar-refractivity contribution < 1.29 is 9.53 Å². The fraction of sp³-hybridized carbons (Fsp3) is 0.562. The maximum absolute atomic E-state index is 10.7. The van der Waals surface area contributed by atoms with Crippen LogP contribution in [0.25, 0.3) is 0 Å². The highest BCUT2D eigenvalue weighted by Gasteiger charge is 2.15. The van der Waals surface area contributed by atoms with Crippen molar-refractivity contribution >= 4 is 5.91 Å². The van der Waals surface area contributed by atoms with Crippen LogP contribution in [0.4, 0.5) is 0 Å². The molecule has 0 heterocycles. The van der Waals surface area contributed by atoms with Gasteiger partial charge in [0.15, 0.2) is 0 Å².